The number of carbonyl (C=O) groups is 1. The third-order valence-electron chi connectivity index (χ3n) is 1.72. The third-order valence-corrected chi connectivity index (χ3v) is 2.80. The van der Waals surface area contributed by atoms with E-state index in [1.54, 1.807) is 6.07 Å². The number of rotatable bonds is 4. The molecular weight excluding hydrogens is 369 g/mol. The highest BCUT2D eigenvalue weighted by Crippen LogP contribution is 2.27. The van der Waals surface area contributed by atoms with E-state index in [0.29, 0.717) is 10.0 Å². The van der Waals surface area contributed by atoms with E-state index in [9.17, 15) is 18.0 Å². The Hall–Kier alpha value is -0.560. The van der Waals surface area contributed by atoms with E-state index in [1.807, 2.05) is 0 Å². The standard InChI is InChI=1S/C10H7Br2F3O2/c11-5-8(16)2-6-1-7(12)4-9(3-6)17-10(13,14)15/h1,3-4H,2,5H2. The van der Waals surface area contributed by atoms with Gasteiger partial charge in [0.05, 0.1) is 5.33 Å². The molecule has 2 nitrogen and oxygen atoms in total. The second-order valence-corrected chi connectivity index (χ2v) is 4.67. The van der Waals surface area contributed by atoms with Crippen LogP contribution in [0.3, 0.4) is 0 Å². The zero-order valence-electron chi connectivity index (χ0n) is 8.35. The average molecular weight is 376 g/mol. The molecule has 0 N–H and O–H groups in total. The van der Waals surface area contributed by atoms with Crippen molar-refractivity contribution in [3.63, 3.8) is 0 Å². The number of Topliss-reactive ketones (excluding diaryl/α,β-unsaturated/α-hetero) is 1. The van der Waals surface area contributed by atoms with E-state index >= 15 is 0 Å². The summed E-state index contributed by atoms with van der Waals surface area (Å²) in [4.78, 5) is 11.2. The molecule has 0 aromatic heterocycles. The summed E-state index contributed by atoms with van der Waals surface area (Å²) < 4.78 is 40.3. The van der Waals surface area contributed by atoms with Gasteiger partial charge in [-0.05, 0) is 23.8 Å². The summed E-state index contributed by atoms with van der Waals surface area (Å²) in [6.07, 6.45) is -4.68. The molecule has 0 heterocycles. The smallest absolute Gasteiger partial charge is 0.406 e. The summed E-state index contributed by atoms with van der Waals surface area (Å²) in [5.74, 6) is -0.467. The maximum atomic E-state index is 12.0. The van der Waals surface area contributed by atoms with Crippen LogP contribution in [0.4, 0.5) is 13.2 Å². The maximum absolute atomic E-state index is 12.0. The minimum absolute atomic E-state index is 0.0545. The van der Waals surface area contributed by atoms with E-state index in [-0.39, 0.29) is 23.3 Å². The Morgan fingerprint density at radius 2 is 1.94 bits per heavy atom. The zero-order chi connectivity index (χ0) is 13.1. The van der Waals surface area contributed by atoms with Crippen LogP contribution in [-0.4, -0.2) is 17.5 Å². The number of alkyl halides is 4. The lowest BCUT2D eigenvalue weighted by atomic mass is 10.1. The van der Waals surface area contributed by atoms with Crippen LogP contribution in [-0.2, 0) is 11.2 Å². The maximum Gasteiger partial charge on any atom is 0.573 e. The molecular formula is C10H7Br2F3O2. The van der Waals surface area contributed by atoms with Crippen LogP contribution in [0.15, 0.2) is 22.7 Å². The number of ether oxygens (including phenoxy) is 1. The van der Waals surface area contributed by atoms with E-state index in [4.69, 9.17) is 0 Å². The Morgan fingerprint density at radius 3 is 2.47 bits per heavy atom. The molecule has 0 aliphatic carbocycles. The minimum Gasteiger partial charge on any atom is -0.406 e. The van der Waals surface area contributed by atoms with Gasteiger partial charge in [-0.2, -0.15) is 0 Å². The quantitative estimate of drug-likeness (QED) is 0.747. The van der Waals surface area contributed by atoms with Crippen LogP contribution in [0.5, 0.6) is 5.75 Å². The van der Waals surface area contributed by atoms with Crippen LogP contribution in [0, 0.1) is 0 Å². The Bertz CT molecular complexity index is 419. The van der Waals surface area contributed by atoms with Gasteiger partial charge in [-0.1, -0.05) is 31.9 Å². The normalized spacial score (nSPS) is 11.4. The SMILES string of the molecule is O=C(CBr)Cc1cc(Br)cc(OC(F)(F)F)c1. The summed E-state index contributed by atoms with van der Waals surface area (Å²) in [7, 11) is 0. The molecule has 1 aromatic rings. The lowest BCUT2D eigenvalue weighted by molar-refractivity contribution is -0.274. The van der Waals surface area contributed by atoms with Gasteiger partial charge >= 0.3 is 6.36 Å². The molecule has 17 heavy (non-hydrogen) atoms. The number of benzene rings is 1. The summed E-state index contributed by atoms with van der Waals surface area (Å²) in [5.41, 5.74) is 0.461. The van der Waals surface area contributed by atoms with Crippen LogP contribution in [0.1, 0.15) is 5.56 Å². The van der Waals surface area contributed by atoms with Gasteiger partial charge < -0.3 is 4.74 Å². The van der Waals surface area contributed by atoms with Gasteiger partial charge in [-0.25, -0.2) is 0 Å². The molecule has 7 heteroatoms. The Kier molecular flexibility index (Phi) is 5.00. The van der Waals surface area contributed by atoms with Crippen molar-refractivity contribution in [2.75, 3.05) is 5.33 Å². The predicted octanol–water partition coefficient (Wildman–Crippen LogP) is 3.85. The molecule has 0 saturated heterocycles. The van der Waals surface area contributed by atoms with Crippen LogP contribution in [0.25, 0.3) is 0 Å². The predicted molar refractivity (Wildman–Crippen MR) is 63.3 cm³/mol. The van der Waals surface area contributed by atoms with Gasteiger partial charge in [0.1, 0.15) is 11.5 Å². The van der Waals surface area contributed by atoms with E-state index < -0.39 is 6.36 Å². The molecule has 0 fully saturated rings. The van der Waals surface area contributed by atoms with Crippen molar-refractivity contribution in [2.45, 2.75) is 12.8 Å². The summed E-state index contributed by atoms with van der Waals surface area (Å²) in [5, 5.41) is 0.162. The van der Waals surface area contributed by atoms with E-state index in [0.717, 1.165) is 0 Å². The van der Waals surface area contributed by atoms with E-state index in [1.165, 1.54) is 12.1 Å². The van der Waals surface area contributed by atoms with Gasteiger partial charge in [-0.3, -0.25) is 4.79 Å². The Labute approximate surface area is 112 Å². The first kappa shape index (κ1) is 14.5. The number of halogens is 5. The highest BCUT2D eigenvalue weighted by Gasteiger charge is 2.31. The monoisotopic (exact) mass is 374 g/mol. The fraction of sp³-hybridized carbons (Fsp3) is 0.300. The molecule has 94 valence electrons. The van der Waals surface area contributed by atoms with Crippen LogP contribution in [0.2, 0.25) is 0 Å². The van der Waals surface area contributed by atoms with Crippen LogP contribution >= 0.6 is 31.9 Å². The van der Waals surface area contributed by atoms with Gasteiger partial charge in [0.2, 0.25) is 0 Å². The second kappa shape index (κ2) is 5.86. The summed E-state index contributed by atoms with van der Waals surface area (Å²) >= 11 is 6.05. The first-order valence-corrected chi connectivity index (χ1v) is 6.34. The number of hydrogen-bond donors (Lipinski definition) is 0. The number of hydrogen-bond acceptors (Lipinski definition) is 2. The molecule has 0 unspecified atom stereocenters. The zero-order valence-corrected chi connectivity index (χ0v) is 11.5. The van der Waals surface area contributed by atoms with Crippen molar-refractivity contribution >= 4 is 37.6 Å². The highest BCUT2D eigenvalue weighted by atomic mass is 79.9. The van der Waals surface area contributed by atoms with Gasteiger partial charge in [0, 0.05) is 10.9 Å². The van der Waals surface area contributed by atoms with Gasteiger partial charge in [0.25, 0.3) is 0 Å². The van der Waals surface area contributed by atoms with E-state index in [2.05, 4.69) is 36.6 Å². The minimum atomic E-state index is -4.74. The highest BCUT2D eigenvalue weighted by molar-refractivity contribution is 9.10. The molecule has 1 aromatic carbocycles. The average Bonchev–Trinajstić information content (AvgIpc) is 2.13. The Morgan fingerprint density at radius 1 is 1.29 bits per heavy atom. The first-order chi connectivity index (χ1) is 7.80. The fourth-order valence-corrected chi connectivity index (χ4v) is 1.91. The topological polar surface area (TPSA) is 26.3 Å². The fourth-order valence-electron chi connectivity index (χ4n) is 1.19. The van der Waals surface area contributed by atoms with Crippen molar-refractivity contribution in [2.24, 2.45) is 0 Å². The van der Waals surface area contributed by atoms with Crippen molar-refractivity contribution in [3.8, 4) is 5.75 Å². The van der Waals surface area contributed by atoms with Crippen molar-refractivity contribution in [3.05, 3.63) is 28.2 Å². The number of carbonyl (C=O) groups excluding carboxylic acids is 1. The molecule has 0 amide bonds. The van der Waals surface area contributed by atoms with Crippen LogP contribution < -0.4 is 4.74 Å². The van der Waals surface area contributed by atoms with Crippen molar-refractivity contribution < 1.29 is 22.7 Å². The molecule has 0 spiro atoms. The van der Waals surface area contributed by atoms with Gasteiger partial charge in [-0.15, -0.1) is 13.2 Å². The molecule has 1 rings (SSSR count). The number of ketones is 1. The molecule has 0 aliphatic rings. The molecule has 0 radical (unpaired) electrons. The molecule has 0 bridgehead atoms. The van der Waals surface area contributed by atoms with Gasteiger partial charge in [0.15, 0.2) is 0 Å². The largest absolute Gasteiger partial charge is 0.573 e. The first-order valence-electron chi connectivity index (χ1n) is 4.43. The van der Waals surface area contributed by atoms with Crippen molar-refractivity contribution in [1.29, 1.82) is 0 Å². The lowest BCUT2D eigenvalue weighted by Crippen LogP contribution is -2.17. The molecule has 0 aliphatic heterocycles. The molecule has 0 saturated carbocycles. The summed E-state index contributed by atoms with van der Waals surface area (Å²) in [6, 6.07) is 3.96. The lowest BCUT2D eigenvalue weighted by Gasteiger charge is -2.10. The Balaban J connectivity index is 2.90. The molecule has 0 atom stereocenters. The third kappa shape index (κ3) is 5.54. The second-order valence-electron chi connectivity index (χ2n) is 3.19. The summed E-state index contributed by atoms with van der Waals surface area (Å²) in [6.45, 7) is 0. The van der Waals surface area contributed by atoms with Crippen molar-refractivity contribution in [1.82, 2.24) is 0 Å².